The minimum Gasteiger partial charge on any atom is -0.260 e. The number of aromatic nitrogens is 2. The molecule has 1 aromatic heterocycles. The van der Waals surface area contributed by atoms with Gasteiger partial charge in [0.15, 0.2) is 0 Å². The van der Waals surface area contributed by atoms with Gasteiger partial charge in [0.05, 0.1) is 22.4 Å². The van der Waals surface area contributed by atoms with Crippen molar-refractivity contribution in [3.05, 3.63) is 191 Å². The topological polar surface area (TPSA) is 26.9 Å². The first-order chi connectivity index (χ1) is 26.0. The van der Waals surface area contributed by atoms with Crippen LogP contribution in [0.4, 0.5) is 0 Å². The number of hydrogen-bond acceptors (Lipinski definition) is 1. The molecule has 9 aromatic carbocycles. The van der Waals surface area contributed by atoms with E-state index in [0.29, 0.717) is 0 Å². The lowest BCUT2D eigenvalue weighted by Gasteiger charge is -2.22. The fourth-order valence-corrected chi connectivity index (χ4v) is 9.19. The van der Waals surface area contributed by atoms with E-state index in [1.807, 2.05) is 59.2 Å². The monoisotopic (exact) mass is 678 g/mol. The lowest BCUT2D eigenvalue weighted by molar-refractivity contribution is 0.660. The van der Waals surface area contributed by atoms with Gasteiger partial charge >= 0.3 is 5.69 Å². The highest BCUT2D eigenvalue weighted by atomic mass is 16.1. The van der Waals surface area contributed by atoms with Gasteiger partial charge in [-0.3, -0.25) is 9.13 Å². The Morgan fingerprint density at radius 1 is 0.415 bits per heavy atom. The fourth-order valence-electron chi connectivity index (χ4n) is 9.19. The fraction of sp³-hybridized carbons (Fsp3) is 0.0600. The van der Waals surface area contributed by atoms with E-state index in [0.717, 1.165) is 28.0 Å². The average Bonchev–Trinajstić information content (AvgIpc) is 3.63. The summed E-state index contributed by atoms with van der Waals surface area (Å²) in [5.41, 5.74) is 13.6. The molecule has 0 bridgehead atoms. The van der Waals surface area contributed by atoms with E-state index >= 15 is 0 Å². The maximum atomic E-state index is 14.0. The van der Waals surface area contributed by atoms with Crippen molar-refractivity contribution >= 4 is 43.4 Å². The zero-order chi connectivity index (χ0) is 35.4. The Morgan fingerprint density at radius 3 is 1.57 bits per heavy atom. The van der Waals surface area contributed by atoms with E-state index in [4.69, 9.17) is 0 Å². The minimum absolute atomic E-state index is 0.0527. The average molecular weight is 679 g/mol. The zero-order valence-corrected chi connectivity index (χ0v) is 29.5. The molecule has 0 unspecified atom stereocenters. The highest BCUT2D eigenvalue weighted by molar-refractivity contribution is 6.27. The van der Waals surface area contributed by atoms with E-state index in [1.54, 1.807) is 4.57 Å². The molecule has 0 atom stereocenters. The van der Waals surface area contributed by atoms with E-state index < -0.39 is 0 Å². The molecule has 0 spiro atoms. The molecule has 0 saturated carbocycles. The molecular weight excluding hydrogens is 645 g/mol. The molecule has 0 N–H and O–H groups in total. The second-order valence-corrected chi connectivity index (χ2v) is 14.9. The number of para-hydroxylation sites is 3. The molecule has 250 valence electrons. The van der Waals surface area contributed by atoms with Gasteiger partial charge in [0.2, 0.25) is 0 Å². The van der Waals surface area contributed by atoms with Crippen molar-refractivity contribution in [1.82, 2.24) is 9.13 Å². The van der Waals surface area contributed by atoms with Crippen LogP contribution in [0.1, 0.15) is 25.0 Å². The standard InChI is InChI=1S/C50H34N2O/c1-50(2)43-13-7-6-12-39(43)40-27-22-34(30-44(40)50)38-26-19-33-20-28-41-37(25-18-32-21-29-42(38)48(33)47(32)41)31-16-23-36(24-17-31)52-46-15-9-8-14-45(46)51(49(52)53)35-10-4-3-5-11-35/h3-30H,1-2H3. The number of nitrogens with zero attached hydrogens (tertiary/aromatic N) is 2. The number of benzene rings is 9. The second-order valence-electron chi connectivity index (χ2n) is 14.9. The van der Waals surface area contributed by atoms with Crippen molar-refractivity contribution < 1.29 is 0 Å². The molecule has 0 aliphatic heterocycles. The molecule has 0 fully saturated rings. The summed E-state index contributed by atoms with van der Waals surface area (Å²) in [5.74, 6) is 0. The van der Waals surface area contributed by atoms with Gasteiger partial charge < -0.3 is 0 Å². The van der Waals surface area contributed by atoms with Crippen molar-refractivity contribution in [2.45, 2.75) is 19.3 Å². The Morgan fingerprint density at radius 2 is 0.906 bits per heavy atom. The Labute approximate surface area is 307 Å². The minimum atomic E-state index is -0.0832. The summed E-state index contributed by atoms with van der Waals surface area (Å²) in [6.45, 7) is 4.70. The Kier molecular flexibility index (Phi) is 6.16. The third kappa shape index (κ3) is 4.19. The summed E-state index contributed by atoms with van der Waals surface area (Å²) in [6, 6.07) is 60.4. The van der Waals surface area contributed by atoms with Crippen molar-refractivity contribution in [2.75, 3.05) is 0 Å². The normalized spacial score (nSPS) is 13.3. The lowest BCUT2D eigenvalue weighted by Crippen LogP contribution is -2.22. The quantitative estimate of drug-likeness (QED) is 0.170. The van der Waals surface area contributed by atoms with Crippen LogP contribution in [0, 0.1) is 0 Å². The molecule has 0 amide bonds. The summed E-state index contributed by atoms with van der Waals surface area (Å²) in [5, 5.41) is 7.59. The van der Waals surface area contributed by atoms with Gasteiger partial charge in [0.1, 0.15) is 0 Å². The van der Waals surface area contributed by atoms with E-state index in [9.17, 15) is 4.79 Å². The molecule has 11 rings (SSSR count). The van der Waals surface area contributed by atoms with Crippen LogP contribution in [0.5, 0.6) is 0 Å². The van der Waals surface area contributed by atoms with Crippen LogP contribution < -0.4 is 5.69 Å². The van der Waals surface area contributed by atoms with Gasteiger partial charge in [0, 0.05) is 5.41 Å². The predicted octanol–water partition coefficient (Wildman–Crippen LogP) is 12.3. The summed E-state index contributed by atoms with van der Waals surface area (Å²) < 4.78 is 3.61. The predicted molar refractivity (Wildman–Crippen MR) is 221 cm³/mol. The van der Waals surface area contributed by atoms with Crippen LogP contribution in [0.3, 0.4) is 0 Å². The maximum Gasteiger partial charge on any atom is 0.338 e. The summed E-state index contributed by atoms with van der Waals surface area (Å²) >= 11 is 0. The number of fused-ring (bicyclic) bond motifs is 4. The van der Waals surface area contributed by atoms with Crippen LogP contribution in [-0.4, -0.2) is 9.13 Å². The first kappa shape index (κ1) is 30.0. The molecule has 0 radical (unpaired) electrons. The molecule has 1 aliphatic carbocycles. The van der Waals surface area contributed by atoms with Crippen LogP contribution in [0.2, 0.25) is 0 Å². The van der Waals surface area contributed by atoms with Crippen molar-refractivity contribution in [3.8, 4) is 44.8 Å². The Balaban J connectivity index is 1.04. The van der Waals surface area contributed by atoms with E-state index in [-0.39, 0.29) is 11.1 Å². The smallest absolute Gasteiger partial charge is 0.260 e. The van der Waals surface area contributed by atoms with Gasteiger partial charge in [-0.15, -0.1) is 0 Å². The van der Waals surface area contributed by atoms with Crippen LogP contribution in [0.15, 0.2) is 175 Å². The van der Waals surface area contributed by atoms with Gasteiger partial charge in [-0.05, 0) is 119 Å². The number of imidazole rings is 1. The summed E-state index contributed by atoms with van der Waals surface area (Å²) in [4.78, 5) is 14.0. The number of hydrogen-bond donors (Lipinski definition) is 0. The van der Waals surface area contributed by atoms with Crippen molar-refractivity contribution in [3.63, 3.8) is 0 Å². The third-order valence-corrected chi connectivity index (χ3v) is 11.8. The SMILES string of the molecule is CC1(C)c2ccccc2-c2ccc(-c3ccc4ccc5c(-c6ccc(-n7c(=O)n(-c8ccccc8)c8ccccc87)cc6)ccc6ccc3c4c65)cc21. The van der Waals surface area contributed by atoms with Crippen LogP contribution >= 0.6 is 0 Å². The van der Waals surface area contributed by atoms with E-state index in [1.165, 1.54) is 71.3 Å². The van der Waals surface area contributed by atoms with Gasteiger partial charge in [-0.25, -0.2) is 4.79 Å². The lowest BCUT2D eigenvalue weighted by atomic mass is 9.81. The molecule has 1 heterocycles. The highest BCUT2D eigenvalue weighted by Gasteiger charge is 2.35. The van der Waals surface area contributed by atoms with E-state index in [2.05, 4.69) is 129 Å². The molecule has 10 aromatic rings. The summed E-state index contributed by atoms with van der Waals surface area (Å²) in [7, 11) is 0. The first-order valence-corrected chi connectivity index (χ1v) is 18.3. The third-order valence-electron chi connectivity index (χ3n) is 11.8. The van der Waals surface area contributed by atoms with Crippen LogP contribution in [0.25, 0.3) is 88.1 Å². The van der Waals surface area contributed by atoms with Crippen LogP contribution in [-0.2, 0) is 5.41 Å². The second kappa shape index (κ2) is 10.9. The molecule has 1 aliphatic rings. The summed E-state index contributed by atoms with van der Waals surface area (Å²) in [6.07, 6.45) is 0. The molecular formula is C50H34N2O. The van der Waals surface area contributed by atoms with Crippen molar-refractivity contribution in [2.24, 2.45) is 0 Å². The van der Waals surface area contributed by atoms with Gasteiger partial charge in [-0.1, -0.05) is 141 Å². The molecule has 3 heteroatoms. The highest BCUT2D eigenvalue weighted by Crippen LogP contribution is 2.50. The first-order valence-electron chi connectivity index (χ1n) is 18.3. The maximum absolute atomic E-state index is 14.0. The van der Waals surface area contributed by atoms with Gasteiger partial charge in [0.25, 0.3) is 0 Å². The molecule has 3 nitrogen and oxygen atoms in total. The molecule has 53 heavy (non-hydrogen) atoms. The van der Waals surface area contributed by atoms with Crippen molar-refractivity contribution in [1.29, 1.82) is 0 Å². The Hall–Kier alpha value is -6.71. The number of rotatable bonds is 4. The van der Waals surface area contributed by atoms with Gasteiger partial charge in [-0.2, -0.15) is 0 Å². The molecule has 0 saturated heterocycles. The Bertz CT molecular complexity index is 3140. The largest absolute Gasteiger partial charge is 0.338 e. The zero-order valence-electron chi connectivity index (χ0n) is 29.5.